The van der Waals surface area contributed by atoms with Crippen molar-refractivity contribution in [3.8, 4) is 5.75 Å². The lowest BCUT2D eigenvalue weighted by atomic mass is 10.2. The molecule has 1 aliphatic heterocycles. The van der Waals surface area contributed by atoms with E-state index < -0.39 is 0 Å². The van der Waals surface area contributed by atoms with Gasteiger partial charge in [-0.05, 0) is 23.8 Å². The van der Waals surface area contributed by atoms with Crippen LogP contribution in [-0.4, -0.2) is 74.4 Å². The molecule has 1 saturated heterocycles. The Morgan fingerprint density at radius 1 is 1.07 bits per heavy atom. The fraction of sp³-hybridized carbons (Fsp3) is 0.450. The third-order valence-corrected chi connectivity index (χ3v) is 4.56. The largest absolute Gasteiger partial charge is 0.491 e. The van der Waals surface area contributed by atoms with Crippen molar-refractivity contribution in [2.45, 2.75) is 6.54 Å². The molecule has 1 N–H and O–H groups in total. The van der Waals surface area contributed by atoms with Crippen LogP contribution in [0.1, 0.15) is 5.56 Å². The molecule has 1 aromatic carbocycles. The number of benzene rings is 1. The Kier molecular flexibility index (Phi) is 7.43. The van der Waals surface area contributed by atoms with Crippen LogP contribution in [0.2, 0.25) is 0 Å². The summed E-state index contributed by atoms with van der Waals surface area (Å²) < 4.78 is 10.6. The Morgan fingerprint density at radius 3 is 2.43 bits per heavy atom. The maximum absolute atomic E-state index is 5.60. The summed E-state index contributed by atoms with van der Waals surface area (Å²) in [6.45, 7) is 5.36. The lowest BCUT2D eigenvalue weighted by molar-refractivity contribution is 0.146. The molecule has 8 heteroatoms. The average Bonchev–Trinajstić information content (AvgIpc) is 2.76. The van der Waals surface area contributed by atoms with E-state index in [4.69, 9.17) is 9.47 Å². The van der Waals surface area contributed by atoms with Gasteiger partial charge in [0.1, 0.15) is 12.4 Å². The van der Waals surface area contributed by atoms with Crippen molar-refractivity contribution in [1.29, 1.82) is 0 Å². The maximum atomic E-state index is 5.60. The lowest BCUT2D eigenvalue weighted by Gasteiger charge is -2.36. The van der Waals surface area contributed by atoms with E-state index in [9.17, 15) is 0 Å². The quantitative estimate of drug-likeness (QED) is 0.439. The molecule has 0 atom stereocenters. The second-order valence-electron chi connectivity index (χ2n) is 6.41. The number of aliphatic imine (C=N–C) groups is 1. The van der Waals surface area contributed by atoms with Crippen LogP contribution in [0.5, 0.6) is 5.75 Å². The van der Waals surface area contributed by atoms with Gasteiger partial charge >= 0.3 is 0 Å². The first kappa shape index (κ1) is 19.9. The van der Waals surface area contributed by atoms with E-state index >= 15 is 0 Å². The van der Waals surface area contributed by atoms with Crippen LogP contribution in [0, 0.1) is 0 Å². The summed E-state index contributed by atoms with van der Waals surface area (Å²) in [5.41, 5.74) is 1.18. The SMILES string of the molecule is CN=C(NCc1ccc(OCCOC)cc1)N1CCN(c2ncccn2)CC1. The van der Waals surface area contributed by atoms with Crippen LogP contribution in [-0.2, 0) is 11.3 Å². The van der Waals surface area contributed by atoms with E-state index in [2.05, 4.69) is 42.2 Å². The second-order valence-corrected chi connectivity index (χ2v) is 6.41. The summed E-state index contributed by atoms with van der Waals surface area (Å²) in [6.07, 6.45) is 3.56. The van der Waals surface area contributed by atoms with E-state index in [0.29, 0.717) is 19.8 Å². The van der Waals surface area contributed by atoms with Crippen molar-refractivity contribution in [1.82, 2.24) is 20.2 Å². The molecule has 0 unspecified atom stereocenters. The minimum atomic E-state index is 0.556. The monoisotopic (exact) mass is 384 g/mol. The van der Waals surface area contributed by atoms with Crippen molar-refractivity contribution in [3.63, 3.8) is 0 Å². The molecule has 3 rings (SSSR count). The fourth-order valence-electron chi connectivity index (χ4n) is 3.03. The third-order valence-electron chi connectivity index (χ3n) is 4.56. The van der Waals surface area contributed by atoms with E-state index in [-0.39, 0.29) is 0 Å². The average molecular weight is 384 g/mol. The molecule has 1 fully saturated rings. The Balaban J connectivity index is 1.46. The summed E-state index contributed by atoms with van der Waals surface area (Å²) in [7, 11) is 3.49. The number of nitrogens with one attached hydrogen (secondary N) is 1. The highest BCUT2D eigenvalue weighted by atomic mass is 16.5. The molecule has 0 radical (unpaired) electrons. The van der Waals surface area contributed by atoms with E-state index in [0.717, 1.165) is 43.8 Å². The number of anilines is 1. The zero-order valence-corrected chi connectivity index (χ0v) is 16.5. The van der Waals surface area contributed by atoms with Gasteiger partial charge in [0, 0.05) is 59.3 Å². The number of nitrogens with zero attached hydrogens (tertiary/aromatic N) is 5. The van der Waals surface area contributed by atoms with Gasteiger partial charge in [-0.3, -0.25) is 4.99 Å². The number of hydrogen-bond donors (Lipinski definition) is 1. The summed E-state index contributed by atoms with van der Waals surface area (Å²) in [6, 6.07) is 9.92. The minimum absolute atomic E-state index is 0.556. The van der Waals surface area contributed by atoms with Crippen molar-refractivity contribution >= 4 is 11.9 Å². The molecule has 28 heavy (non-hydrogen) atoms. The van der Waals surface area contributed by atoms with E-state index in [1.807, 2.05) is 25.2 Å². The normalized spacial score (nSPS) is 14.9. The van der Waals surface area contributed by atoms with Crippen LogP contribution in [0.15, 0.2) is 47.7 Å². The number of aromatic nitrogens is 2. The van der Waals surface area contributed by atoms with Gasteiger partial charge in [0.25, 0.3) is 0 Å². The smallest absolute Gasteiger partial charge is 0.225 e. The minimum Gasteiger partial charge on any atom is -0.491 e. The van der Waals surface area contributed by atoms with Crippen LogP contribution < -0.4 is 15.0 Å². The zero-order valence-electron chi connectivity index (χ0n) is 16.5. The molecule has 150 valence electrons. The molecule has 0 spiro atoms. The first-order valence-electron chi connectivity index (χ1n) is 9.48. The Labute approximate surface area is 166 Å². The molecule has 8 nitrogen and oxygen atoms in total. The predicted octanol–water partition coefficient (Wildman–Crippen LogP) is 1.40. The molecule has 2 heterocycles. The Hall–Kier alpha value is -2.87. The van der Waals surface area contributed by atoms with Gasteiger partial charge in [-0.25, -0.2) is 9.97 Å². The third kappa shape index (κ3) is 5.56. The first-order chi connectivity index (χ1) is 13.8. The fourth-order valence-corrected chi connectivity index (χ4v) is 3.03. The second kappa shape index (κ2) is 10.5. The van der Waals surface area contributed by atoms with Crippen LogP contribution in [0.3, 0.4) is 0 Å². The molecule has 0 amide bonds. The predicted molar refractivity (Wildman–Crippen MR) is 110 cm³/mol. The standard InChI is InChI=1S/C20H28N6O2/c1-21-19(24-16-17-4-6-18(7-5-17)28-15-14-27-2)25-10-12-26(13-11-25)20-22-8-3-9-23-20/h3-9H,10-16H2,1-2H3,(H,21,24). The highest BCUT2D eigenvalue weighted by Crippen LogP contribution is 2.13. The van der Waals surface area contributed by atoms with E-state index in [1.165, 1.54) is 5.56 Å². The molecule has 0 bridgehead atoms. The first-order valence-corrected chi connectivity index (χ1v) is 9.48. The van der Waals surface area contributed by atoms with Crippen molar-refractivity contribution < 1.29 is 9.47 Å². The highest BCUT2D eigenvalue weighted by molar-refractivity contribution is 5.80. The summed E-state index contributed by atoms with van der Waals surface area (Å²) in [5.74, 6) is 2.55. The molecule has 1 aliphatic rings. The molecule has 0 saturated carbocycles. The highest BCUT2D eigenvalue weighted by Gasteiger charge is 2.20. The van der Waals surface area contributed by atoms with Gasteiger partial charge in [0.15, 0.2) is 5.96 Å². The van der Waals surface area contributed by atoms with Gasteiger partial charge in [-0.15, -0.1) is 0 Å². The Bertz CT molecular complexity index is 730. The maximum Gasteiger partial charge on any atom is 0.225 e. The van der Waals surface area contributed by atoms with Crippen LogP contribution >= 0.6 is 0 Å². The summed E-state index contributed by atoms with van der Waals surface area (Å²) in [4.78, 5) is 17.6. The van der Waals surface area contributed by atoms with Crippen LogP contribution in [0.4, 0.5) is 5.95 Å². The molecular weight excluding hydrogens is 356 g/mol. The van der Waals surface area contributed by atoms with Crippen molar-refractivity contribution in [2.24, 2.45) is 4.99 Å². The van der Waals surface area contributed by atoms with Crippen molar-refractivity contribution in [2.75, 3.05) is 58.5 Å². The molecule has 0 aliphatic carbocycles. The van der Waals surface area contributed by atoms with Gasteiger partial charge < -0.3 is 24.6 Å². The number of piperazine rings is 1. The molecular formula is C20H28N6O2. The van der Waals surface area contributed by atoms with Crippen molar-refractivity contribution in [3.05, 3.63) is 48.3 Å². The number of methoxy groups -OCH3 is 1. The number of hydrogen-bond acceptors (Lipinski definition) is 6. The molecule has 2 aromatic rings. The van der Waals surface area contributed by atoms with Gasteiger partial charge in [-0.1, -0.05) is 12.1 Å². The zero-order chi connectivity index (χ0) is 19.6. The van der Waals surface area contributed by atoms with Gasteiger partial charge in [0.2, 0.25) is 5.95 Å². The van der Waals surface area contributed by atoms with Gasteiger partial charge in [-0.2, -0.15) is 0 Å². The number of ether oxygens (including phenoxy) is 2. The number of rotatable bonds is 7. The molecule has 1 aromatic heterocycles. The number of guanidine groups is 1. The van der Waals surface area contributed by atoms with Gasteiger partial charge in [0.05, 0.1) is 6.61 Å². The summed E-state index contributed by atoms with van der Waals surface area (Å²) >= 11 is 0. The van der Waals surface area contributed by atoms with E-state index in [1.54, 1.807) is 19.5 Å². The lowest BCUT2D eigenvalue weighted by Crippen LogP contribution is -2.52. The van der Waals surface area contributed by atoms with Crippen LogP contribution in [0.25, 0.3) is 0 Å². The Morgan fingerprint density at radius 2 is 1.79 bits per heavy atom. The summed E-state index contributed by atoms with van der Waals surface area (Å²) in [5, 5.41) is 3.45. The topological polar surface area (TPSA) is 75.1 Å².